The highest BCUT2D eigenvalue weighted by molar-refractivity contribution is 7.22. The fraction of sp³-hybridized carbons (Fsp3) is 0.130. The fourth-order valence-electron chi connectivity index (χ4n) is 3.14. The van der Waals surface area contributed by atoms with E-state index in [2.05, 4.69) is 48.4 Å². The minimum absolute atomic E-state index is 0.132. The van der Waals surface area contributed by atoms with Gasteiger partial charge < -0.3 is 0 Å². The van der Waals surface area contributed by atoms with Crippen molar-refractivity contribution >= 4 is 32.6 Å². The van der Waals surface area contributed by atoms with Gasteiger partial charge in [0.2, 0.25) is 0 Å². The van der Waals surface area contributed by atoms with Gasteiger partial charge in [-0.15, -0.1) is 0 Å². The van der Waals surface area contributed by atoms with E-state index in [1.807, 2.05) is 48.5 Å². The maximum absolute atomic E-state index is 12.7. The Labute approximate surface area is 162 Å². The Bertz CT molecular complexity index is 1100. The van der Waals surface area contributed by atoms with Gasteiger partial charge in [0.05, 0.1) is 10.2 Å². The summed E-state index contributed by atoms with van der Waals surface area (Å²) in [5.74, 6) is 0.0947. The summed E-state index contributed by atoms with van der Waals surface area (Å²) in [7, 11) is 0. The summed E-state index contributed by atoms with van der Waals surface area (Å²) in [5.41, 5.74) is 5.09. The van der Waals surface area contributed by atoms with Crippen LogP contribution in [0, 0.1) is 6.92 Å². The van der Waals surface area contributed by atoms with Gasteiger partial charge in [-0.25, -0.2) is 4.98 Å². The van der Waals surface area contributed by atoms with Crippen molar-refractivity contribution in [1.29, 1.82) is 0 Å². The van der Waals surface area contributed by atoms with Crippen molar-refractivity contribution in [3.05, 3.63) is 95.1 Å². The first-order valence-electron chi connectivity index (χ1n) is 8.93. The molecule has 134 valence electrons. The van der Waals surface area contributed by atoms with Crippen molar-refractivity contribution in [3.63, 3.8) is 0 Å². The number of anilines is 1. The predicted molar refractivity (Wildman–Crippen MR) is 113 cm³/mol. The first-order valence-corrected chi connectivity index (χ1v) is 9.75. The molecule has 0 aliphatic carbocycles. The quantitative estimate of drug-likeness (QED) is 0.477. The van der Waals surface area contributed by atoms with Crippen LogP contribution >= 0.6 is 11.3 Å². The first kappa shape index (κ1) is 17.4. The summed E-state index contributed by atoms with van der Waals surface area (Å²) in [6.45, 7) is 4.21. The van der Waals surface area contributed by atoms with Crippen LogP contribution in [0.2, 0.25) is 0 Å². The van der Waals surface area contributed by atoms with Crippen LogP contribution < -0.4 is 5.32 Å². The van der Waals surface area contributed by atoms with Crippen molar-refractivity contribution in [2.45, 2.75) is 19.8 Å². The SMILES string of the molecule is Cc1ccc2nc(NC(=O)c3cccc(C(C)c4ccccc4)c3)sc2c1. The number of amides is 1. The lowest BCUT2D eigenvalue weighted by Crippen LogP contribution is -2.12. The number of aryl methyl sites for hydroxylation is 1. The van der Waals surface area contributed by atoms with E-state index in [0.717, 1.165) is 15.8 Å². The number of carbonyl (C=O) groups excluding carboxylic acids is 1. The second-order valence-corrected chi connectivity index (χ2v) is 7.73. The molecule has 27 heavy (non-hydrogen) atoms. The number of fused-ring (bicyclic) bond motifs is 1. The normalized spacial score (nSPS) is 12.1. The highest BCUT2D eigenvalue weighted by Crippen LogP contribution is 2.28. The highest BCUT2D eigenvalue weighted by Gasteiger charge is 2.13. The highest BCUT2D eigenvalue weighted by atomic mass is 32.1. The average molecular weight is 372 g/mol. The topological polar surface area (TPSA) is 42.0 Å². The molecule has 1 amide bonds. The van der Waals surface area contributed by atoms with E-state index in [0.29, 0.717) is 10.7 Å². The molecular weight excluding hydrogens is 352 g/mol. The number of carbonyl (C=O) groups is 1. The number of thiazole rings is 1. The minimum Gasteiger partial charge on any atom is -0.298 e. The third-order valence-electron chi connectivity index (χ3n) is 4.71. The maximum atomic E-state index is 12.7. The molecule has 0 radical (unpaired) electrons. The standard InChI is InChI=1S/C23H20N2OS/c1-15-11-12-20-21(13-15)27-23(24-20)25-22(26)19-10-6-9-18(14-19)16(2)17-7-4-3-5-8-17/h3-14,16H,1-2H3,(H,24,25,26). The molecule has 1 unspecified atom stereocenters. The minimum atomic E-state index is -0.132. The van der Waals surface area contributed by atoms with E-state index < -0.39 is 0 Å². The molecule has 3 aromatic carbocycles. The van der Waals surface area contributed by atoms with Crippen molar-refractivity contribution in [2.75, 3.05) is 5.32 Å². The summed E-state index contributed by atoms with van der Waals surface area (Å²) in [4.78, 5) is 17.2. The number of aromatic nitrogens is 1. The number of benzene rings is 3. The van der Waals surface area contributed by atoms with Gasteiger partial charge in [0, 0.05) is 11.5 Å². The lowest BCUT2D eigenvalue weighted by molar-refractivity contribution is 0.102. The molecule has 1 N–H and O–H groups in total. The molecule has 0 aliphatic heterocycles. The monoisotopic (exact) mass is 372 g/mol. The number of rotatable bonds is 4. The Kier molecular flexibility index (Phi) is 4.73. The number of hydrogen-bond donors (Lipinski definition) is 1. The molecule has 0 aliphatic rings. The zero-order chi connectivity index (χ0) is 18.8. The Morgan fingerprint density at radius 2 is 1.74 bits per heavy atom. The Morgan fingerprint density at radius 1 is 0.963 bits per heavy atom. The van der Waals surface area contributed by atoms with Gasteiger partial charge in [-0.1, -0.05) is 66.8 Å². The van der Waals surface area contributed by atoms with Crippen LogP contribution in [0.15, 0.2) is 72.8 Å². The summed E-state index contributed by atoms with van der Waals surface area (Å²) in [6, 6.07) is 24.2. The molecule has 1 aromatic heterocycles. The predicted octanol–water partition coefficient (Wildman–Crippen LogP) is 6.01. The van der Waals surface area contributed by atoms with E-state index in [4.69, 9.17) is 0 Å². The van der Waals surface area contributed by atoms with Crippen LogP contribution in [-0.4, -0.2) is 10.9 Å². The van der Waals surface area contributed by atoms with Crippen LogP contribution in [-0.2, 0) is 0 Å². The van der Waals surface area contributed by atoms with Gasteiger partial charge in [-0.3, -0.25) is 10.1 Å². The second-order valence-electron chi connectivity index (χ2n) is 6.70. The fourth-order valence-corrected chi connectivity index (χ4v) is 4.10. The smallest absolute Gasteiger partial charge is 0.257 e. The third kappa shape index (κ3) is 3.76. The molecule has 0 saturated carbocycles. The molecule has 1 heterocycles. The average Bonchev–Trinajstić information content (AvgIpc) is 3.09. The van der Waals surface area contributed by atoms with Crippen molar-refractivity contribution in [3.8, 4) is 0 Å². The molecule has 4 aromatic rings. The van der Waals surface area contributed by atoms with E-state index in [-0.39, 0.29) is 11.8 Å². The van der Waals surface area contributed by atoms with Crippen molar-refractivity contribution < 1.29 is 4.79 Å². The summed E-state index contributed by atoms with van der Waals surface area (Å²) in [6.07, 6.45) is 0. The Morgan fingerprint density at radius 3 is 2.56 bits per heavy atom. The molecular formula is C23H20N2OS. The summed E-state index contributed by atoms with van der Waals surface area (Å²) >= 11 is 1.50. The number of nitrogens with zero attached hydrogens (tertiary/aromatic N) is 1. The first-order chi connectivity index (χ1) is 13.1. The van der Waals surface area contributed by atoms with E-state index >= 15 is 0 Å². The number of nitrogens with one attached hydrogen (secondary N) is 1. The van der Waals surface area contributed by atoms with Crippen LogP contribution in [0.1, 0.15) is 39.9 Å². The lowest BCUT2D eigenvalue weighted by atomic mass is 9.92. The Balaban J connectivity index is 1.56. The van der Waals surface area contributed by atoms with Gasteiger partial charge in [0.15, 0.2) is 5.13 Å². The molecule has 0 saturated heterocycles. The molecule has 0 fully saturated rings. The van der Waals surface area contributed by atoms with Crippen LogP contribution in [0.4, 0.5) is 5.13 Å². The molecule has 0 spiro atoms. The van der Waals surface area contributed by atoms with Crippen LogP contribution in [0.3, 0.4) is 0 Å². The number of hydrogen-bond acceptors (Lipinski definition) is 3. The summed E-state index contributed by atoms with van der Waals surface area (Å²) < 4.78 is 1.08. The Hall–Kier alpha value is -2.98. The largest absolute Gasteiger partial charge is 0.298 e. The van der Waals surface area contributed by atoms with Gasteiger partial charge in [0.25, 0.3) is 5.91 Å². The molecule has 1 atom stereocenters. The second kappa shape index (κ2) is 7.33. The summed E-state index contributed by atoms with van der Waals surface area (Å²) in [5, 5.41) is 3.57. The van der Waals surface area contributed by atoms with Gasteiger partial charge in [0.1, 0.15) is 0 Å². The van der Waals surface area contributed by atoms with Gasteiger partial charge >= 0.3 is 0 Å². The lowest BCUT2D eigenvalue weighted by Gasteiger charge is -2.13. The third-order valence-corrected chi connectivity index (χ3v) is 5.65. The van der Waals surface area contributed by atoms with Crippen LogP contribution in [0.5, 0.6) is 0 Å². The zero-order valence-electron chi connectivity index (χ0n) is 15.3. The molecule has 4 heteroatoms. The molecule has 3 nitrogen and oxygen atoms in total. The van der Waals surface area contributed by atoms with Gasteiger partial charge in [-0.2, -0.15) is 0 Å². The van der Waals surface area contributed by atoms with Crippen molar-refractivity contribution in [1.82, 2.24) is 4.98 Å². The van der Waals surface area contributed by atoms with E-state index in [1.54, 1.807) is 0 Å². The van der Waals surface area contributed by atoms with E-state index in [1.165, 1.54) is 22.5 Å². The van der Waals surface area contributed by atoms with Crippen LogP contribution in [0.25, 0.3) is 10.2 Å². The molecule has 0 bridgehead atoms. The van der Waals surface area contributed by atoms with Gasteiger partial charge in [-0.05, 0) is 47.9 Å². The maximum Gasteiger partial charge on any atom is 0.257 e. The van der Waals surface area contributed by atoms with Crippen molar-refractivity contribution in [2.24, 2.45) is 0 Å². The molecule has 4 rings (SSSR count). The van der Waals surface area contributed by atoms with E-state index in [9.17, 15) is 4.79 Å². The zero-order valence-corrected chi connectivity index (χ0v) is 16.1.